The van der Waals surface area contributed by atoms with E-state index in [1.165, 1.54) is 6.33 Å². The Bertz CT molecular complexity index is 711. The van der Waals surface area contributed by atoms with E-state index in [0.29, 0.717) is 13.1 Å². The Kier molecular flexibility index (Phi) is 4.54. The van der Waals surface area contributed by atoms with Crippen molar-refractivity contribution in [3.8, 4) is 5.69 Å². The molecule has 8 heteroatoms. The van der Waals surface area contributed by atoms with Gasteiger partial charge in [-0.15, -0.1) is 5.10 Å². The maximum atomic E-state index is 12.6. The number of carbonyl (C=O) groups excluding carboxylic acids is 2. The molecule has 0 radical (unpaired) electrons. The van der Waals surface area contributed by atoms with E-state index in [2.05, 4.69) is 20.8 Å². The molecule has 2 amide bonds. The molecule has 126 valence electrons. The zero-order chi connectivity index (χ0) is 17.1. The maximum Gasteiger partial charge on any atom is 0.243 e. The number of amides is 2. The number of nitrogens with zero attached hydrogens (tertiary/aromatic N) is 5. The molecule has 1 aromatic carbocycles. The number of tetrazole rings is 1. The second kappa shape index (κ2) is 6.77. The van der Waals surface area contributed by atoms with Gasteiger partial charge in [-0.2, -0.15) is 0 Å². The smallest absolute Gasteiger partial charge is 0.243 e. The van der Waals surface area contributed by atoms with Crippen molar-refractivity contribution in [2.24, 2.45) is 5.92 Å². The Morgan fingerprint density at radius 2 is 2.08 bits per heavy atom. The van der Waals surface area contributed by atoms with Crippen LogP contribution in [0.2, 0.25) is 0 Å². The number of rotatable bonds is 4. The third-order valence-electron chi connectivity index (χ3n) is 4.11. The van der Waals surface area contributed by atoms with Crippen LogP contribution in [0.25, 0.3) is 5.69 Å². The number of benzene rings is 1. The summed E-state index contributed by atoms with van der Waals surface area (Å²) in [5.41, 5.74) is 1.72. The summed E-state index contributed by atoms with van der Waals surface area (Å²) in [6.07, 6.45) is 1.78. The van der Waals surface area contributed by atoms with Gasteiger partial charge in [0, 0.05) is 13.1 Å². The molecule has 1 fully saturated rings. The van der Waals surface area contributed by atoms with Gasteiger partial charge in [0.25, 0.3) is 0 Å². The summed E-state index contributed by atoms with van der Waals surface area (Å²) < 4.78 is 1.55. The summed E-state index contributed by atoms with van der Waals surface area (Å²) >= 11 is 0. The highest BCUT2D eigenvalue weighted by atomic mass is 16.2. The van der Waals surface area contributed by atoms with Crippen molar-refractivity contribution in [2.75, 3.05) is 13.1 Å². The SMILES string of the molecule is CC(C)[C@H]1C(=O)NCCN1C(=O)Cc1ccc(-n2cnnn2)cc1. The highest BCUT2D eigenvalue weighted by Gasteiger charge is 2.34. The monoisotopic (exact) mass is 328 g/mol. The van der Waals surface area contributed by atoms with Gasteiger partial charge in [0.15, 0.2) is 0 Å². The zero-order valence-electron chi connectivity index (χ0n) is 13.7. The highest BCUT2D eigenvalue weighted by molar-refractivity contribution is 5.89. The highest BCUT2D eigenvalue weighted by Crippen LogP contribution is 2.16. The van der Waals surface area contributed by atoms with Crippen LogP contribution < -0.4 is 5.32 Å². The molecular weight excluding hydrogens is 308 g/mol. The summed E-state index contributed by atoms with van der Waals surface area (Å²) in [4.78, 5) is 26.4. The molecule has 2 heterocycles. The van der Waals surface area contributed by atoms with Gasteiger partial charge in [0.2, 0.25) is 11.8 Å². The molecule has 1 aliphatic rings. The fourth-order valence-electron chi connectivity index (χ4n) is 2.95. The first-order chi connectivity index (χ1) is 11.6. The molecule has 24 heavy (non-hydrogen) atoms. The van der Waals surface area contributed by atoms with E-state index >= 15 is 0 Å². The van der Waals surface area contributed by atoms with Crippen molar-refractivity contribution in [2.45, 2.75) is 26.3 Å². The van der Waals surface area contributed by atoms with Gasteiger partial charge in [-0.05, 0) is 34.0 Å². The van der Waals surface area contributed by atoms with Crippen LogP contribution >= 0.6 is 0 Å². The van der Waals surface area contributed by atoms with Crippen LogP contribution in [0.15, 0.2) is 30.6 Å². The standard InChI is InChI=1S/C16H20N6O2/c1-11(2)15-16(24)17-7-8-21(15)14(23)9-12-3-5-13(6-4-12)22-10-18-19-20-22/h3-6,10-11,15H,7-9H2,1-2H3,(H,17,24)/t15-/m0/s1. The number of carbonyl (C=O) groups is 2. The van der Waals surface area contributed by atoms with Crippen molar-refractivity contribution in [3.05, 3.63) is 36.2 Å². The number of nitrogens with one attached hydrogen (secondary N) is 1. The molecule has 3 rings (SSSR count). The summed E-state index contributed by atoms with van der Waals surface area (Å²) in [6, 6.07) is 7.09. The number of aromatic nitrogens is 4. The molecule has 0 saturated carbocycles. The largest absolute Gasteiger partial charge is 0.353 e. The summed E-state index contributed by atoms with van der Waals surface area (Å²) in [5.74, 6) is -0.0196. The number of piperazine rings is 1. The lowest BCUT2D eigenvalue weighted by Gasteiger charge is -2.37. The summed E-state index contributed by atoms with van der Waals surface area (Å²) in [7, 11) is 0. The van der Waals surface area contributed by atoms with Gasteiger partial charge in [0.05, 0.1) is 12.1 Å². The topological polar surface area (TPSA) is 93.0 Å². The third kappa shape index (κ3) is 3.27. The van der Waals surface area contributed by atoms with Crippen molar-refractivity contribution in [1.82, 2.24) is 30.4 Å². The number of hydrogen-bond acceptors (Lipinski definition) is 5. The van der Waals surface area contributed by atoms with Crippen molar-refractivity contribution < 1.29 is 9.59 Å². The second-order valence-electron chi connectivity index (χ2n) is 6.16. The molecule has 0 unspecified atom stereocenters. The molecule has 1 atom stereocenters. The number of hydrogen-bond donors (Lipinski definition) is 1. The minimum atomic E-state index is -0.397. The first-order valence-electron chi connectivity index (χ1n) is 7.96. The van der Waals surface area contributed by atoms with Crippen LogP contribution in [-0.2, 0) is 16.0 Å². The van der Waals surface area contributed by atoms with Gasteiger partial charge in [-0.1, -0.05) is 26.0 Å². The van der Waals surface area contributed by atoms with Crippen LogP contribution in [0.4, 0.5) is 0 Å². The predicted molar refractivity (Wildman–Crippen MR) is 86.2 cm³/mol. The predicted octanol–water partition coefficient (Wildman–Crippen LogP) is 0.188. The first-order valence-corrected chi connectivity index (χ1v) is 7.96. The van der Waals surface area contributed by atoms with E-state index in [-0.39, 0.29) is 24.2 Å². The van der Waals surface area contributed by atoms with Crippen LogP contribution in [0.5, 0.6) is 0 Å². The Hall–Kier alpha value is -2.77. The van der Waals surface area contributed by atoms with E-state index in [4.69, 9.17) is 0 Å². The summed E-state index contributed by atoms with van der Waals surface area (Å²) in [6.45, 7) is 4.97. The van der Waals surface area contributed by atoms with Crippen LogP contribution in [0.1, 0.15) is 19.4 Å². The minimum absolute atomic E-state index is 0.0290. The lowest BCUT2D eigenvalue weighted by Crippen LogP contribution is -2.59. The first kappa shape index (κ1) is 16.1. The molecule has 0 spiro atoms. The summed E-state index contributed by atoms with van der Waals surface area (Å²) in [5, 5.41) is 13.8. The average molecular weight is 328 g/mol. The minimum Gasteiger partial charge on any atom is -0.353 e. The van der Waals surface area contributed by atoms with E-state index in [0.717, 1.165) is 11.3 Å². The molecule has 2 aromatic rings. The fourth-order valence-corrected chi connectivity index (χ4v) is 2.95. The molecule has 0 bridgehead atoms. The van der Waals surface area contributed by atoms with E-state index in [1.807, 2.05) is 38.1 Å². The van der Waals surface area contributed by atoms with Crippen LogP contribution in [-0.4, -0.2) is 56.1 Å². The fraction of sp³-hybridized carbons (Fsp3) is 0.438. The molecule has 1 aromatic heterocycles. The van der Waals surface area contributed by atoms with Gasteiger partial charge in [-0.3, -0.25) is 9.59 Å². The average Bonchev–Trinajstić information content (AvgIpc) is 3.09. The lowest BCUT2D eigenvalue weighted by molar-refractivity contribution is -0.144. The Morgan fingerprint density at radius 3 is 2.71 bits per heavy atom. The lowest BCUT2D eigenvalue weighted by atomic mass is 9.98. The molecule has 1 aliphatic heterocycles. The Labute approximate surface area is 139 Å². The van der Waals surface area contributed by atoms with Crippen molar-refractivity contribution in [3.63, 3.8) is 0 Å². The van der Waals surface area contributed by atoms with Crippen LogP contribution in [0.3, 0.4) is 0 Å². The van der Waals surface area contributed by atoms with Crippen LogP contribution in [0, 0.1) is 5.92 Å². The van der Waals surface area contributed by atoms with Crippen molar-refractivity contribution in [1.29, 1.82) is 0 Å². The Balaban J connectivity index is 1.70. The van der Waals surface area contributed by atoms with E-state index in [1.54, 1.807) is 9.58 Å². The maximum absolute atomic E-state index is 12.6. The van der Waals surface area contributed by atoms with Gasteiger partial charge in [0.1, 0.15) is 12.4 Å². The molecule has 8 nitrogen and oxygen atoms in total. The van der Waals surface area contributed by atoms with Gasteiger partial charge >= 0.3 is 0 Å². The molecule has 0 aliphatic carbocycles. The third-order valence-corrected chi connectivity index (χ3v) is 4.11. The van der Waals surface area contributed by atoms with E-state index < -0.39 is 6.04 Å². The van der Waals surface area contributed by atoms with Crippen molar-refractivity contribution >= 4 is 11.8 Å². The van der Waals surface area contributed by atoms with Gasteiger partial charge in [-0.25, -0.2) is 4.68 Å². The quantitative estimate of drug-likeness (QED) is 0.865. The zero-order valence-corrected chi connectivity index (χ0v) is 13.7. The van der Waals surface area contributed by atoms with E-state index in [9.17, 15) is 9.59 Å². The van der Waals surface area contributed by atoms with Gasteiger partial charge < -0.3 is 10.2 Å². The second-order valence-corrected chi connectivity index (χ2v) is 6.16. The molecular formula is C16H20N6O2. The molecule has 1 saturated heterocycles. The normalized spacial score (nSPS) is 17.9. The molecule has 1 N–H and O–H groups in total. The Morgan fingerprint density at radius 1 is 1.33 bits per heavy atom.